The van der Waals surface area contributed by atoms with Crippen LogP contribution in [0.3, 0.4) is 0 Å². The van der Waals surface area contributed by atoms with Gasteiger partial charge in [0.05, 0.1) is 12.5 Å². The van der Waals surface area contributed by atoms with E-state index in [-0.39, 0.29) is 18.4 Å². The minimum atomic E-state index is -0.905. The minimum absolute atomic E-state index is 0.0790. The van der Waals surface area contributed by atoms with E-state index in [2.05, 4.69) is 10.6 Å². The Kier molecular flexibility index (Phi) is 4.93. The molecule has 5 nitrogen and oxygen atoms in total. The number of carboxylic acids is 1. The lowest BCUT2D eigenvalue weighted by Gasteiger charge is -2.17. The van der Waals surface area contributed by atoms with Gasteiger partial charge in [0.1, 0.15) is 0 Å². The SMILES string of the molecule is O=C(O)CC(NC(=O)CC1CCCN1)c1cccs1. The van der Waals surface area contributed by atoms with Crippen molar-refractivity contribution in [3.05, 3.63) is 22.4 Å². The molecule has 1 aliphatic rings. The first-order valence-electron chi connectivity index (χ1n) is 6.43. The molecule has 1 saturated heterocycles. The van der Waals surface area contributed by atoms with Crippen molar-refractivity contribution in [2.45, 2.75) is 37.8 Å². The molecule has 2 rings (SSSR count). The maximum atomic E-state index is 11.9. The molecule has 0 saturated carbocycles. The number of rotatable bonds is 6. The zero-order valence-corrected chi connectivity index (χ0v) is 11.4. The molecule has 0 aliphatic carbocycles. The van der Waals surface area contributed by atoms with Crippen molar-refractivity contribution in [3.63, 3.8) is 0 Å². The number of hydrogen-bond donors (Lipinski definition) is 3. The predicted octanol–water partition coefficient (Wildman–Crippen LogP) is 1.52. The first-order valence-corrected chi connectivity index (χ1v) is 7.31. The highest BCUT2D eigenvalue weighted by atomic mass is 32.1. The maximum absolute atomic E-state index is 11.9. The summed E-state index contributed by atoms with van der Waals surface area (Å²) in [6, 6.07) is 3.52. The summed E-state index contributed by atoms with van der Waals surface area (Å²) in [5.74, 6) is -0.989. The van der Waals surface area contributed by atoms with Gasteiger partial charge in [0.2, 0.25) is 5.91 Å². The molecule has 6 heteroatoms. The molecule has 0 radical (unpaired) electrons. The zero-order chi connectivity index (χ0) is 13.7. The molecule has 2 heterocycles. The molecule has 0 aromatic carbocycles. The van der Waals surface area contributed by atoms with Gasteiger partial charge in [-0.3, -0.25) is 9.59 Å². The number of thiophene rings is 1. The quantitative estimate of drug-likeness (QED) is 0.739. The molecule has 1 aliphatic heterocycles. The summed E-state index contributed by atoms with van der Waals surface area (Å²) < 4.78 is 0. The lowest BCUT2D eigenvalue weighted by Crippen LogP contribution is -2.34. The Hall–Kier alpha value is -1.40. The second kappa shape index (κ2) is 6.68. The van der Waals surface area contributed by atoms with Crippen LogP contribution in [0.25, 0.3) is 0 Å². The van der Waals surface area contributed by atoms with E-state index in [1.807, 2.05) is 17.5 Å². The number of aliphatic carboxylic acids is 1. The van der Waals surface area contributed by atoms with E-state index in [1.165, 1.54) is 11.3 Å². The van der Waals surface area contributed by atoms with Crippen LogP contribution in [0.4, 0.5) is 0 Å². The average molecular weight is 282 g/mol. The van der Waals surface area contributed by atoms with Crippen molar-refractivity contribution >= 4 is 23.2 Å². The highest BCUT2D eigenvalue weighted by Crippen LogP contribution is 2.22. The number of carbonyl (C=O) groups is 2. The summed E-state index contributed by atoms with van der Waals surface area (Å²) in [5.41, 5.74) is 0. The van der Waals surface area contributed by atoms with E-state index < -0.39 is 12.0 Å². The maximum Gasteiger partial charge on any atom is 0.305 e. The van der Waals surface area contributed by atoms with Gasteiger partial charge in [-0.2, -0.15) is 0 Å². The van der Waals surface area contributed by atoms with E-state index >= 15 is 0 Å². The van der Waals surface area contributed by atoms with Crippen molar-refractivity contribution in [1.82, 2.24) is 10.6 Å². The second-order valence-corrected chi connectivity index (χ2v) is 5.71. The van der Waals surface area contributed by atoms with Crippen LogP contribution in [0.2, 0.25) is 0 Å². The second-order valence-electron chi connectivity index (χ2n) is 4.73. The van der Waals surface area contributed by atoms with E-state index in [4.69, 9.17) is 5.11 Å². The lowest BCUT2D eigenvalue weighted by atomic mass is 10.1. The Morgan fingerprint density at radius 1 is 1.58 bits per heavy atom. The van der Waals surface area contributed by atoms with E-state index in [0.29, 0.717) is 6.42 Å². The van der Waals surface area contributed by atoms with Gasteiger partial charge in [-0.1, -0.05) is 6.07 Å². The zero-order valence-electron chi connectivity index (χ0n) is 10.6. The van der Waals surface area contributed by atoms with Crippen LogP contribution in [0.1, 0.15) is 36.6 Å². The van der Waals surface area contributed by atoms with Crippen molar-refractivity contribution in [3.8, 4) is 0 Å². The molecule has 0 bridgehead atoms. The summed E-state index contributed by atoms with van der Waals surface area (Å²) in [6.07, 6.45) is 2.45. The largest absolute Gasteiger partial charge is 0.481 e. The molecule has 2 unspecified atom stereocenters. The van der Waals surface area contributed by atoms with Gasteiger partial charge in [0.25, 0.3) is 0 Å². The molecular formula is C13H18N2O3S. The third kappa shape index (κ3) is 4.33. The van der Waals surface area contributed by atoms with Crippen molar-refractivity contribution in [1.29, 1.82) is 0 Å². The standard InChI is InChI=1S/C13H18N2O3S/c16-12(7-9-3-1-5-14-9)15-10(8-13(17)18)11-4-2-6-19-11/h2,4,6,9-10,14H,1,3,5,7-8H2,(H,15,16)(H,17,18). The third-order valence-corrected chi connectivity index (χ3v) is 4.18. The number of hydrogen-bond acceptors (Lipinski definition) is 4. The van der Waals surface area contributed by atoms with Crippen LogP contribution in [-0.4, -0.2) is 29.6 Å². The van der Waals surface area contributed by atoms with Gasteiger partial charge in [-0.15, -0.1) is 11.3 Å². The van der Waals surface area contributed by atoms with Gasteiger partial charge in [-0.05, 0) is 30.8 Å². The molecule has 1 aromatic rings. The van der Waals surface area contributed by atoms with Crippen molar-refractivity contribution in [2.75, 3.05) is 6.54 Å². The molecule has 1 aromatic heterocycles. The Morgan fingerprint density at radius 3 is 3.00 bits per heavy atom. The summed E-state index contributed by atoms with van der Waals surface area (Å²) in [7, 11) is 0. The fourth-order valence-electron chi connectivity index (χ4n) is 2.29. The van der Waals surface area contributed by atoms with Crippen molar-refractivity contribution in [2.24, 2.45) is 0 Å². The fourth-order valence-corrected chi connectivity index (χ4v) is 3.07. The first-order chi connectivity index (χ1) is 9.15. The molecular weight excluding hydrogens is 264 g/mol. The van der Waals surface area contributed by atoms with Gasteiger partial charge in [0, 0.05) is 17.3 Å². The van der Waals surface area contributed by atoms with Crippen molar-refractivity contribution < 1.29 is 14.7 Å². The minimum Gasteiger partial charge on any atom is -0.481 e. The Bertz CT molecular complexity index is 427. The molecule has 0 spiro atoms. The first kappa shape index (κ1) is 14.0. The van der Waals surface area contributed by atoms with E-state index in [9.17, 15) is 9.59 Å². The summed E-state index contributed by atoms with van der Waals surface area (Å²) in [5, 5.41) is 16.9. The summed E-state index contributed by atoms with van der Waals surface area (Å²) >= 11 is 1.46. The molecule has 1 fully saturated rings. The predicted molar refractivity (Wildman–Crippen MR) is 73.1 cm³/mol. The molecule has 1 amide bonds. The normalized spacial score (nSPS) is 20.1. The molecule has 2 atom stereocenters. The Balaban J connectivity index is 1.91. The van der Waals surface area contributed by atoms with Crippen LogP contribution < -0.4 is 10.6 Å². The summed E-state index contributed by atoms with van der Waals surface area (Å²) in [4.78, 5) is 23.7. The smallest absolute Gasteiger partial charge is 0.305 e. The van der Waals surface area contributed by atoms with Crippen LogP contribution in [0.15, 0.2) is 17.5 Å². The number of carbonyl (C=O) groups excluding carboxylic acids is 1. The lowest BCUT2D eigenvalue weighted by molar-refractivity contribution is -0.137. The fraction of sp³-hybridized carbons (Fsp3) is 0.538. The highest BCUT2D eigenvalue weighted by molar-refractivity contribution is 7.10. The highest BCUT2D eigenvalue weighted by Gasteiger charge is 2.22. The van der Waals surface area contributed by atoms with Gasteiger partial charge in [-0.25, -0.2) is 0 Å². The topological polar surface area (TPSA) is 78.4 Å². The Labute approximate surface area is 116 Å². The molecule has 104 valence electrons. The summed E-state index contributed by atoms with van der Waals surface area (Å²) in [6.45, 7) is 0.960. The van der Waals surface area contributed by atoms with Gasteiger partial charge < -0.3 is 15.7 Å². The monoisotopic (exact) mass is 282 g/mol. The number of carboxylic acid groups (broad SMARTS) is 1. The van der Waals surface area contributed by atoms with Crippen LogP contribution in [-0.2, 0) is 9.59 Å². The number of amides is 1. The van der Waals surface area contributed by atoms with Crippen LogP contribution in [0, 0.1) is 0 Å². The van der Waals surface area contributed by atoms with Crippen LogP contribution in [0.5, 0.6) is 0 Å². The third-order valence-electron chi connectivity index (χ3n) is 3.19. The van der Waals surface area contributed by atoms with E-state index in [0.717, 1.165) is 24.3 Å². The van der Waals surface area contributed by atoms with E-state index in [1.54, 1.807) is 0 Å². The number of nitrogens with one attached hydrogen (secondary N) is 2. The average Bonchev–Trinajstić information content (AvgIpc) is 2.99. The molecule has 19 heavy (non-hydrogen) atoms. The van der Waals surface area contributed by atoms with Gasteiger partial charge in [0.15, 0.2) is 0 Å². The van der Waals surface area contributed by atoms with Crippen LogP contribution >= 0.6 is 11.3 Å². The Morgan fingerprint density at radius 2 is 2.42 bits per heavy atom. The molecule has 3 N–H and O–H groups in total. The van der Waals surface area contributed by atoms with Gasteiger partial charge >= 0.3 is 5.97 Å².